The van der Waals surface area contributed by atoms with Crippen LogP contribution < -0.4 is 5.32 Å². The van der Waals surface area contributed by atoms with Crippen molar-refractivity contribution >= 4 is 17.2 Å². The van der Waals surface area contributed by atoms with E-state index in [0.29, 0.717) is 5.69 Å². The van der Waals surface area contributed by atoms with Gasteiger partial charge in [0.25, 0.3) is 5.91 Å². The van der Waals surface area contributed by atoms with Crippen LogP contribution >= 0.6 is 11.3 Å². The summed E-state index contributed by atoms with van der Waals surface area (Å²) in [6, 6.07) is 11.9. The molecule has 0 aliphatic heterocycles. The van der Waals surface area contributed by atoms with Crippen molar-refractivity contribution in [3.8, 4) is 11.3 Å². The van der Waals surface area contributed by atoms with Crippen molar-refractivity contribution in [2.45, 2.75) is 25.8 Å². The number of carbonyl (C=O) groups is 1. The van der Waals surface area contributed by atoms with E-state index in [0.717, 1.165) is 35.3 Å². The summed E-state index contributed by atoms with van der Waals surface area (Å²) in [7, 11) is 0. The lowest BCUT2D eigenvalue weighted by molar-refractivity contribution is 0.0930. The second-order valence-corrected chi connectivity index (χ2v) is 6.70. The molecule has 1 N–H and O–H groups in total. The van der Waals surface area contributed by atoms with Crippen LogP contribution in [-0.4, -0.2) is 11.1 Å². The second-order valence-electron chi connectivity index (χ2n) is 5.70. The van der Waals surface area contributed by atoms with Gasteiger partial charge in [-0.3, -0.25) is 4.79 Å². The predicted octanol–water partition coefficient (Wildman–Crippen LogP) is 3.99. The van der Waals surface area contributed by atoms with Gasteiger partial charge in [-0.05, 0) is 36.8 Å². The lowest BCUT2D eigenvalue weighted by Crippen LogP contribution is -2.28. The summed E-state index contributed by atoms with van der Waals surface area (Å²) in [5.41, 5.74) is 3.49. The smallest absolute Gasteiger partial charge is 0.274 e. The van der Waals surface area contributed by atoms with Gasteiger partial charge in [0.15, 0.2) is 11.5 Å². The molecular weight excluding hydrogens is 308 g/mol. The van der Waals surface area contributed by atoms with Crippen molar-refractivity contribution in [3.05, 3.63) is 63.5 Å². The monoisotopic (exact) mass is 324 g/mol. The third-order valence-electron chi connectivity index (χ3n) is 4.24. The van der Waals surface area contributed by atoms with Crippen molar-refractivity contribution < 1.29 is 9.32 Å². The molecule has 1 aliphatic carbocycles. The van der Waals surface area contributed by atoms with Crippen molar-refractivity contribution in [1.82, 2.24) is 10.5 Å². The summed E-state index contributed by atoms with van der Waals surface area (Å²) in [5, 5.41) is 9.10. The topological polar surface area (TPSA) is 55.1 Å². The van der Waals surface area contributed by atoms with Gasteiger partial charge >= 0.3 is 0 Å². The molecule has 23 heavy (non-hydrogen) atoms. The van der Waals surface area contributed by atoms with Gasteiger partial charge in [0.2, 0.25) is 0 Å². The molecule has 2 heterocycles. The Morgan fingerprint density at radius 3 is 2.91 bits per heavy atom. The van der Waals surface area contributed by atoms with Crippen LogP contribution in [0.2, 0.25) is 0 Å². The molecule has 4 rings (SSSR count). The molecule has 0 saturated heterocycles. The maximum absolute atomic E-state index is 12.6. The normalized spacial score (nSPS) is 14.0. The average Bonchev–Trinajstić information content (AvgIpc) is 3.21. The van der Waals surface area contributed by atoms with Gasteiger partial charge in [-0.25, -0.2) is 0 Å². The van der Waals surface area contributed by atoms with Gasteiger partial charge in [0.1, 0.15) is 0 Å². The summed E-state index contributed by atoms with van der Waals surface area (Å²) in [4.78, 5) is 13.9. The minimum Gasteiger partial charge on any atom is -0.355 e. The fraction of sp³-hybridized carbons (Fsp3) is 0.222. The molecule has 0 bridgehead atoms. The van der Waals surface area contributed by atoms with Gasteiger partial charge in [0, 0.05) is 16.0 Å². The third-order valence-corrected chi connectivity index (χ3v) is 5.22. The first kappa shape index (κ1) is 14.2. The zero-order chi connectivity index (χ0) is 15.8. The highest BCUT2D eigenvalue weighted by Gasteiger charge is 2.28. The predicted molar refractivity (Wildman–Crippen MR) is 89.5 cm³/mol. The summed E-state index contributed by atoms with van der Waals surface area (Å²) < 4.78 is 5.48. The molecule has 0 saturated carbocycles. The second kappa shape index (κ2) is 5.66. The summed E-state index contributed by atoms with van der Waals surface area (Å²) >= 11 is 1.73. The van der Waals surface area contributed by atoms with E-state index in [1.165, 1.54) is 4.88 Å². The van der Waals surface area contributed by atoms with E-state index in [9.17, 15) is 4.79 Å². The van der Waals surface area contributed by atoms with E-state index in [1.807, 2.05) is 43.3 Å². The highest BCUT2D eigenvalue weighted by Crippen LogP contribution is 2.38. The molecule has 116 valence electrons. The van der Waals surface area contributed by atoms with Crippen LogP contribution in [0.5, 0.6) is 0 Å². The Morgan fingerprint density at radius 2 is 2.09 bits per heavy atom. The maximum Gasteiger partial charge on any atom is 0.274 e. The van der Waals surface area contributed by atoms with Crippen molar-refractivity contribution in [1.29, 1.82) is 0 Å². The molecule has 0 radical (unpaired) electrons. The Hall–Kier alpha value is -2.40. The Balaban J connectivity index is 1.59. The lowest BCUT2D eigenvalue weighted by atomic mass is 9.95. The van der Waals surface area contributed by atoms with Crippen LogP contribution in [0.4, 0.5) is 0 Å². The van der Waals surface area contributed by atoms with Crippen molar-refractivity contribution in [3.63, 3.8) is 0 Å². The molecule has 5 heteroatoms. The first-order valence-corrected chi connectivity index (χ1v) is 8.53. The molecule has 1 amide bonds. The quantitative estimate of drug-likeness (QED) is 0.792. The Kier molecular flexibility index (Phi) is 3.50. The Morgan fingerprint density at radius 1 is 1.26 bits per heavy atom. The molecular formula is C18H16N2O2S. The van der Waals surface area contributed by atoms with E-state index >= 15 is 0 Å². The Bertz CT molecular complexity index is 851. The first-order chi connectivity index (χ1) is 11.2. The molecule has 1 aromatic carbocycles. The summed E-state index contributed by atoms with van der Waals surface area (Å²) in [5.74, 6) is 0.579. The zero-order valence-corrected chi connectivity index (χ0v) is 13.5. The van der Waals surface area contributed by atoms with Crippen LogP contribution in [-0.2, 0) is 12.8 Å². The fourth-order valence-electron chi connectivity index (χ4n) is 3.00. The number of fused-ring (bicyclic) bond motifs is 3. The summed E-state index contributed by atoms with van der Waals surface area (Å²) in [6.45, 7) is 1.97. The minimum atomic E-state index is -0.176. The van der Waals surface area contributed by atoms with Gasteiger partial charge in [-0.2, -0.15) is 0 Å². The van der Waals surface area contributed by atoms with Crippen LogP contribution in [0.25, 0.3) is 11.3 Å². The number of thiophene rings is 1. The lowest BCUT2D eigenvalue weighted by Gasteiger charge is -2.14. The molecule has 1 aliphatic rings. The zero-order valence-electron chi connectivity index (χ0n) is 12.7. The van der Waals surface area contributed by atoms with E-state index in [1.54, 1.807) is 11.3 Å². The van der Waals surface area contributed by atoms with E-state index < -0.39 is 0 Å². The number of hydrogen-bond donors (Lipinski definition) is 1. The number of nitrogens with zero attached hydrogens (tertiary/aromatic N) is 1. The fourth-order valence-corrected chi connectivity index (χ4v) is 3.87. The number of hydrogen-bond acceptors (Lipinski definition) is 4. The molecule has 0 fully saturated rings. The van der Waals surface area contributed by atoms with E-state index in [4.69, 9.17) is 4.52 Å². The van der Waals surface area contributed by atoms with Crippen LogP contribution in [0, 0.1) is 0 Å². The standard InChI is InChI=1S/C18H16N2O2S/c1-11(12-5-3-2-4-6-12)19-18(21)16-14-7-8-15-13(9-10-23-15)17(14)22-20-16/h2-6,9-11H,7-8H2,1H3,(H,19,21)/t11-/m1/s1. The van der Waals surface area contributed by atoms with Gasteiger partial charge in [0.05, 0.1) is 6.04 Å². The largest absolute Gasteiger partial charge is 0.355 e. The van der Waals surface area contributed by atoms with Crippen LogP contribution in [0.3, 0.4) is 0 Å². The maximum atomic E-state index is 12.6. The minimum absolute atomic E-state index is 0.0728. The first-order valence-electron chi connectivity index (χ1n) is 7.65. The van der Waals surface area contributed by atoms with E-state index in [-0.39, 0.29) is 11.9 Å². The third kappa shape index (κ3) is 2.47. The number of rotatable bonds is 3. The molecule has 1 atom stereocenters. The highest BCUT2D eigenvalue weighted by molar-refractivity contribution is 7.10. The van der Waals surface area contributed by atoms with Gasteiger partial charge in [-0.1, -0.05) is 35.5 Å². The van der Waals surface area contributed by atoms with Crippen LogP contribution in [0.15, 0.2) is 46.3 Å². The van der Waals surface area contributed by atoms with Gasteiger partial charge < -0.3 is 9.84 Å². The number of aromatic nitrogens is 1. The van der Waals surface area contributed by atoms with Gasteiger partial charge in [-0.15, -0.1) is 11.3 Å². The van der Waals surface area contributed by atoms with Crippen molar-refractivity contribution in [2.24, 2.45) is 0 Å². The van der Waals surface area contributed by atoms with E-state index in [2.05, 4.69) is 15.9 Å². The average molecular weight is 324 g/mol. The molecule has 4 nitrogen and oxygen atoms in total. The number of amides is 1. The van der Waals surface area contributed by atoms with Crippen molar-refractivity contribution in [2.75, 3.05) is 0 Å². The number of aryl methyl sites for hydroxylation is 1. The molecule has 2 aromatic heterocycles. The number of carbonyl (C=O) groups excluding carboxylic acids is 1. The van der Waals surface area contributed by atoms with Crippen LogP contribution in [0.1, 0.15) is 39.5 Å². The number of nitrogens with one attached hydrogen (secondary N) is 1. The highest BCUT2D eigenvalue weighted by atomic mass is 32.1. The number of benzene rings is 1. The molecule has 0 unspecified atom stereocenters. The molecule has 0 spiro atoms. The Labute approximate surface area is 138 Å². The SMILES string of the molecule is C[C@@H](NC(=O)c1noc2c1CCc1sccc1-2)c1ccccc1. The summed E-state index contributed by atoms with van der Waals surface area (Å²) in [6.07, 6.45) is 1.74. The molecule has 3 aromatic rings.